The molecule has 0 saturated carbocycles. The van der Waals surface area contributed by atoms with Crippen LogP contribution in [0, 0.1) is 0 Å². The van der Waals surface area contributed by atoms with Gasteiger partial charge >= 0.3 is 0 Å². The van der Waals surface area contributed by atoms with Crippen LogP contribution in [-0.2, 0) is 21.2 Å². The lowest BCUT2D eigenvalue weighted by atomic mass is 10.2. The summed E-state index contributed by atoms with van der Waals surface area (Å²) in [7, 11) is -3.76. The summed E-state index contributed by atoms with van der Waals surface area (Å²) >= 11 is 0. The molecule has 0 atom stereocenters. The molecule has 2 N–H and O–H groups in total. The van der Waals surface area contributed by atoms with Crippen molar-refractivity contribution in [3.63, 3.8) is 0 Å². The van der Waals surface area contributed by atoms with Crippen molar-refractivity contribution in [2.75, 3.05) is 10.0 Å². The number of nitrogens with one attached hydrogen (secondary N) is 2. The maximum atomic E-state index is 12.7. The molecule has 7 heteroatoms. The Labute approximate surface area is 138 Å². The van der Waals surface area contributed by atoms with E-state index < -0.39 is 10.0 Å². The van der Waals surface area contributed by atoms with E-state index in [4.69, 9.17) is 0 Å². The first-order chi connectivity index (χ1) is 11.5. The third-order valence-electron chi connectivity index (χ3n) is 3.90. The number of carbonyl (C=O) groups is 1. The van der Waals surface area contributed by atoms with Gasteiger partial charge in [-0.1, -0.05) is 6.07 Å². The number of amides is 1. The highest BCUT2D eigenvalue weighted by molar-refractivity contribution is 7.92. The van der Waals surface area contributed by atoms with Gasteiger partial charge in [0.25, 0.3) is 10.0 Å². The van der Waals surface area contributed by atoms with Crippen molar-refractivity contribution in [3.8, 4) is 0 Å². The van der Waals surface area contributed by atoms with Gasteiger partial charge in [-0.25, -0.2) is 8.42 Å². The summed E-state index contributed by atoms with van der Waals surface area (Å²) in [5, 5.41) is 3.41. The molecule has 1 aromatic heterocycles. The number of sulfonamides is 1. The quantitative estimate of drug-likeness (QED) is 0.767. The van der Waals surface area contributed by atoms with E-state index in [0.717, 1.165) is 5.39 Å². The maximum absolute atomic E-state index is 12.7. The van der Waals surface area contributed by atoms with Crippen LogP contribution in [0.3, 0.4) is 0 Å². The third-order valence-corrected chi connectivity index (χ3v) is 5.27. The summed E-state index contributed by atoms with van der Waals surface area (Å²) < 4.78 is 28.0. The zero-order valence-corrected chi connectivity index (χ0v) is 13.3. The molecular formula is C17H13N3O3S. The SMILES string of the molecule is O=C1Cc2cc(S(=O)(=O)Nc3cccc4ncccc34)ccc2N1. The number of pyridine rings is 1. The van der Waals surface area contributed by atoms with Gasteiger partial charge < -0.3 is 5.32 Å². The van der Waals surface area contributed by atoms with Crippen molar-refractivity contribution < 1.29 is 13.2 Å². The average molecular weight is 339 g/mol. The molecular weight excluding hydrogens is 326 g/mol. The number of hydrogen-bond donors (Lipinski definition) is 2. The van der Waals surface area contributed by atoms with Crippen LogP contribution in [0.15, 0.2) is 59.6 Å². The van der Waals surface area contributed by atoms with Crippen molar-refractivity contribution >= 4 is 38.2 Å². The molecule has 6 nitrogen and oxygen atoms in total. The molecule has 1 amide bonds. The molecule has 120 valence electrons. The molecule has 3 aromatic rings. The number of nitrogens with zero attached hydrogens (tertiary/aromatic N) is 1. The van der Waals surface area contributed by atoms with Crippen LogP contribution in [0.1, 0.15) is 5.56 Å². The van der Waals surface area contributed by atoms with Gasteiger partial charge in [0, 0.05) is 17.3 Å². The summed E-state index contributed by atoms with van der Waals surface area (Å²) in [6.45, 7) is 0. The van der Waals surface area contributed by atoms with E-state index >= 15 is 0 Å². The van der Waals surface area contributed by atoms with Crippen molar-refractivity contribution in [2.45, 2.75) is 11.3 Å². The predicted molar refractivity (Wildman–Crippen MR) is 91.3 cm³/mol. The molecule has 1 aliphatic heterocycles. The van der Waals surface area contributed by atoms with Crippen LogP contribution in [-0.4, -0.2) is 19.3 Å². The van der Waals surface area contributed by atoms with Gasteiger partial charge in [0.2, 0.25) is 5.91 Å². The molecule has 0 saturated heterocycles. The Kier molecular flexibility index (Phi) is 3.24. The largest absolute Gasteiger partial charge is 0.326 e. The number of rotatable bonds is 3. The highest BCUT2D eigenvalue weighted by Crippen LogP contribution is 2.28. The summed E-state index contributed by atoms with van der Waals surface area (Å²) in [4.78, 5) is 15.8. The van der Waals surface area contributed by atoms with Crippen LogP contribution in [0.4, 0.5) is 11.4 Å². The second-order valence-electron chi connectivity index (χ2n) is 5.53. The van der Waals surface area contributed by atoms with E-state index in [1.165, 1.54) is 12.1 Å². The summed E-state index contributed by atoms with van der Waals surface area (Å²) in [6.07, 6.45) is 1.85. The van der Waals surface area contributed by atoms with Gasteiger partial charge in [0.05, 0.1) is 22.5 Å². The Hall–Kier alpha value is -2.93. The van der Waals surface area contributed by atoms with Gasteiger partial charge in [-0.15, -0.1) is 0 Å². The molecule has 0 aliphatic carbocycles. The van der Waals surface area contributed by atoms with Gasteiger partial charge in [0.15, 0.2) is 0 Å². The molecule has 0 bridgehead atoms. The predicted octanol–water partition coefficient (Wildman–Crippen LogP) is 2.53. The Bertz CT molecular complexity index is 1070. The van der Waals surface area contributed by atoms with Crippen LogP contribution in [0.5, 0.6) is 0 Å². The molecule has 1 aliphatic rings. The Morgan fingerprint density at radius 3 is 2.83 bits per heavy atom. The molecule has 0 spiro atoms. The number of carbonyl (C=O) groups excluding carboxylic acids is 1. The lowest BCUT2D eigenvalue weighted by molar-refractivity contribution is -0.115. The molecule has 0 fully saturated rings. The van der Waals surface area contributed by atoms with Crippen LogP contribution in [0.25, 0.3) is 10.9 Å². The lowest BCUT2D eigenvalue weighted by Gasteiger charge is -2.11. The molecule has 0 unspecified atom stereocenters. The number of fused-ring (bicyclic) bond motifs is 2. The van der Waals surface area contributed by atoms with E-state index in [1.807, 2.05) is 12.1 Å². The molecule has 24 heavy (non-hydrogen) atoms. The first-order valence-electron chi connectivity index (χ1n) is 7.32. The fraction of sp³-hybridized carbons (Fsp3) is 0.0588. The van der Waals surface area contributed by atoms with Gasteiger partial charge in [0.1, 0.15) is 0 Å². The molecule has 0 radical (unpaired) electrons. The highest BCUT2D eigenvalue weighted by atomic mass is 32.2. The second kappa shape index (κ2) is 5.31. The minimum absolute atomic E-state index is 0.124. The summed E-state index contributed by atoms with van der Waals surface area (Å²) in [6, 6.07) is 13.4. The highest BCUT2D eigenvalue weighted by Gasteiger charge is 2.22. The monoisotopic (exact) mass is 339 g/mol. The van der Waals surface area contributed by atoms with E-state index in [2.05, 4.69) is 15.0 Å². The van der Waals surface area contributed by atoms with Crippen molar-refractivity contribution in [1.29, 1.82) is 0 Å². The van der Waals surface area contributed by atoms with Crippen LogP contribution in [0.2, 0.25) is 0 Å². The standard InChI is InChI=1S/C17H13N3O3S/c21-17-10-11-9-12(6-7-14(11)19-17)24(22,23)20-16-5-1-4-15-13(16)3-2-8-18-15/h1-9,20H,10H2,(H,19,21). The Morgan fingerprint density at radius 2 is 1.96 bits per heavy atom. The van der Waals surface area contributed by atoms with Crippen molar-refractivity contribution in [3.05, 3.63) is 60.3 Å². The lowest BCUT2D eigenvalue weighted by Crippen LogP contribution is -2.13. The Balaban J connectivity index is 1.73. The van der Waals surface area contributed by atoms with E-state index in [0.29, 0.717) is 22.5 Å². The van der Waals surface area contributed by atoms with Gasteiger partial charge in [-0.05, 0) is 48.0 Å². The fourth-order valence-electron chi connectivity index (χ4n) is 2.77. The number of hydrogen-bond acceptors (Lipinski definition) is 4. The van der Waals surface area contributed by atoms with E-state index in [-0.39, 0.29) is 17.2 Å². The van der Waals surface area contributed by atoms with Crippen molar-refractivity contribution in [2.24, 2.45) is 0 Å². The van der Waals surface area contributed by atoms with Gasteiger partial charge in [-0.3, -0.25) is 14.5 Å². The van der Waals surface area contributed by atoms with Crippen molar-refractivity contribution in [1.82, 2.24) is 4.98 Å². The van der Waals surface area contributed by atoms with Crippen LogP contribution >= 0.6 is 0 Å². The normalized spacial score (nSPS) is 13.6. The molecule has 2 aromatic carbocycles. The zero-order valence-electron chi connectivity index (χ0n) is 12.5. The average Bonchev–Trinajstić information content (AvgIpc) is 2.94. The maximum Gasteiger partial charge on any atom is 0.261 e. The first kappa shape index (κ1) is 14.6. The van der Waals surface area contributed by atoms with Crippen LogP contribution < -0.4 is 10.0 Å². The Morgan fingerprint density at radius 1 is 1.08 bits per heavy atom. The van der Waals surface area contributed by atoms with E-state index in [9.17, 15) is 13.2 Å². The number of anilines is 2. The summed E-state index contributed by atoms with van der Waals surface area (Å²) in [5.74, 6) is -0.132. The fourth-order valence-corrected chi connectivity index (χ4v) is 3.90. The summed E-state index contributed by atoms with van der Waals surface area (Å²) in [5.41, 5.74) is 2.52. The minimum Gasteiger partial charge on any atom is -0.326 e. The topological polar surface area (TPSA) is 88.2 Å². The number of aromatic nitrogens is 1. The smallest absolute Gasteiger partial charge is 0.261 e. The van der Waals surface area contributed by atoms with Gasteiger partial charge in [-0.2, -0.15) is 0 Å². The first-order valence-corrected chi connectivity index (χ1v) is 8.81. The van der Waals surface area contributed by atoms with E-state index in [1.54, 1.807) is 30.5 Å². The molecule has 2 heterocycles. The minimum atomic E-state index is -3.76. The third kappa shape index (κ3) is 2.48. The zero-order chi connectivity index (χ0) is 16.7. The number of benzene rings is 2. The molecule has 4 rings (SSSR count). The second-order valence-corrected chi connectivity index (χ2v) is 7.21.